The summed E-state index contributed by atoms with van der Waals surface area (Å²) in [6, 6.07) is 6.91. The molecule has 1 aromatic carbocycles. The van der Waals surface area contributed by atoms with Crippen molar-refractivity contribution in [2.24, 2.45) is 0 Å². The van der Waals surface area contributed by atoms with E-state index in [1.165, 1.54) is 23.1 Å². The van der Waals surface area contributed by atoms with Crippen LogP contribution in [0.5, 0.6) is 0 Å². The van der Waals surface area contributed by atoms with Gasteiger partial charge in [-0.25, -0.2) is 0 Å². The first kappa shape index (κ1) is 12.9. The number of nitro groups is 1. The third-order valence-corrected chi connectivity index (χ3v) is 3.99. The Morgan fingerprint density at radius 2 is 1.85 bits per heavy atom. The highest BCUT2D eigenvalue weighted by atomic mass is 16.6. The Bertz CT molecular complexity index is 621. The second-order valence-corrected chi connectivity index (χ2v) is 5.26. The zero-order valence-corrected chi connectivity index (χ0v) is 11.3. The van der Waals surface area contributed by atoms with Crippen molar-refractivity contribution in [2.75, 3.05) is 0 Å². The molecule has 0 fully saturated rings. The maximum absolute atomic E-state index is 10.7. The Morgan fingerprint density at radius 3 is 2.60 bits per heavy atom. The van der Waals surface area contributed by atoms with Crippen molar-refractivity contribution in [3.63, 3.8) is 0 Å². The molecule has 0 aromatic heterocycles. The molecule has 3 rings (SSSR count). The summed E-state index contributed by atoms with van der Waals surface area (Å²) in [5, 5.41) is 10.7. The van der Waals surface area contributed by atoms with Crippen molar-refractivity contribution in [1.82, 2.24) is 0 Å². The molecule has 0 saturated heterocycles. The van der Waals surface area contributed by atoms with Gasteiger partial charge in [-0.15, -0.1) is 0 Å². The number of hydrogen-bond donors (Lipinski definition) is 0. The average Bonchev–Trinajstić information content (AvgIpc) is 2.87. The lowest BCUT2D eigenvalue weighted by Crippen LogP contribution is -1.95. The molecule has 3 nitrogen and oxygen atoms in total. The smallest absolute Gasteiger partial charge is 0.258 e. The van der Waals surface area contributed by atoms with Crippen LogP contribution in [-0.2, 0) is 0 Å². The number of nitrogens with zero attached hydrogens (tertiary/aromatic N) is 1. The fourth-order valence-corrected chi connectivity index (χ4v) is 2.98. The van der Waals surface area contributed by atoms with Crippen LogP contribution in [-0.4, -0.2) is 4.92 Å². The molecule has 0 N–H and O–H groups in total. The summed E-state index contributed by atoms with van der Waals surface area (Å²) in [4.78, 5) is 10.4. The molecule has 2 aliphatic carbocycles. The fraction of sp³-hybridized carbons (Fsp3) is 0.294. The third-order valence-electron chi connectivity index (χ3n) is 3.99. The molecule has 20 heavy (non-hydrogen) atoms. The Hall–Kier alpha value is -2.16. The van der Waals surface area contributed by atoms with Gasteiger partial charge >= 0.3 is 0 Å². The molecule has 0 bridgehead atoms. The standard InChI is InChI=1S/C17H17NO2/c19-18(20)15-11-9-14(10-12-15)16-7-3-1-2-5-13-6-4-8-17(13)16/h3,6-7,9-12H,1-2,4-5,8H2/b7-3-,17-16+. The largest absolute Gasteiger partial charge is 0.269 e. The normalized spacial score (nSPS) is 23.5. The van der Waals surface area contributed by atoms with Crippen LogP contribution in [0.3, 0.4) is 0 Å². The highest BCUT2D eigenvalue weighted by molar-refractivity contribution is 5.80. The first-order chi connectivity index (χ1) is 9.75. The molecular weight excluding hydrogens is 250 g/mol. The van der Waals surface area contributed by atoms with E-state index in [1.807, 2.05) is 12.1 Å². The summed E-state index contributed by atoms with van der Waals surface area (Å²) >= 11 is 0. The number of rotatable bonds is 2. The van der Waals surface area contributed by atoms with Crippen LogP contribution >= 0.6 is 0 Å². The van der Waals surface area contributed by atoms with E-state index >= 15 is 0 Å². The average molecular weight is 267 g/mol. The van der Waals surface area contributed by atoms with Crippen molar-refractivity contribution in [3.8, 4) is 0 Å². The van der Waals surface area contributed by atoms with E-state index in [1.54, 1.807) is 12.1 Å². The first-order valence-corrected chi connectivity index (χ1v) is 7.09. The van der Waals surface area contributed by atoms with Crippen LogP contribution in [0.4, 0.5) is 5.69 Å². The van der Waals surface area contributed by atoms with Crippen molar-refractivity contribution < 1.29 is 4.92 Å². The lowest BCUT2D eigenvalue weighted by Gasteiger charge is -2.14. The summed E-state index contributed by atoms with van der Waals surface area (Å²) in [7, 11) is 0. The van der Waals surface area contributed by atoms with Gasteiger partial charge in [-0.3, -0.25) is 10.1 Å². The quantitative estimate of drug-likeness (QED) is 0.570. The summed E-state index contributed by atoms with van der Waals surface area (Å²) in [6.07, 6.45) is 12.4. The topological polar surface area (TPSA) is 43.1 Å². The van der Waals surface area contributed by atoms with Gasteiger partial charge in [-0.05, 0) is 66.5 Å². The fourth-order valence-electron chi connectivity index (χ4n) is 2.98. The number of allylic oxidation sites excluding steroid dienone is 6. The van der Waals surface area contributed by atoms with Crippen molar-refractivity contribution in [3.05, 3.63) is 69.3 Å². The highest BCUT2D eigenvalue weighted by Gasteiger charge is 2.17. The molecule has 0 heterocycles. The summed E-state index contributed by atoms with van der Waals surface area (Å²) < 4.78 is 0. The van der Waals surface area contributed by atoms with Gasteiger partial charge in [0.1, 0.15) is 0 Å². The van der Waals surface area contributed by atoms with E-state index in [4.69, 9.17) is 0 Å². The van der Waals surface area contributed by atoms with Gasteiger partial charge in [-0.2, -0.15) is 0 Å². The minimum absolute atomic E-state index is 0.149. The maximum Gasteiger partial charge on any atom is 0.269 e. The maximum atomic E-state index is 10.7. The van der Waals surface area contributed by atoms with Crippen LogP contribution in [0.1, 0.15) is 37.7 Å². The van der Waals surface area contributed by atoms with Crippen molar-refractivity contribution in [1.29, 1.82) is 0 Å². The van der Waals surface area contributed by atoms with E-state index in [-0.39, 0.29) is 10.6 Å². The van der Waals surface area contributed by atoms with Crippen LogP contribution in [0.25, 0.3) is 5.57 Å². The zero-order valence-electron chi connectivity index (χ0n) is 11.3. The van der Waals surface area contributed by atoms with Gasteiger partial charge in [0.2, 0.25) is 0 Å². The molecule has 0 spiro atoms. The Balaban J connectivity index is 2.03. The molecule has 0 unspecified atom stereocenters. The second kappa shape index (κ2) is 5.45. The lowest BCUT2D eigenvalue weighted by atomic mass is 9.91. The van der Waals surface area contributed by atoms with Crippen molar-refractivity contribution >= 4 is 11.3 Å². The monoisotopic (exact) mass is 267 g/mol. The molecule has 0 radical (unpaired) electrons. The predicted molar refractivity (Wildman–Crippen MR) is 80.3 cm³/mol. The summed E-state index contributed by atoms with van der Waals surface area (Å²) in [5.41, 5.74) is 5.37. The Morgan fingerprint density at radius 1 is 1.05 bits per heavy atom. The zero-order chi connectivity index (χ0) is 13.9. The highest BCUT2D eigenvalue weighted by Crippen LogP contribution is 2.37. The Labute approximate surface area is 118 Å². The number of benzene rings is 1. The molecule has 0 amide bonds. The molecule has 2 aliphatic rings. The molecule has 102 valence electrons. The van der Waals surface area contributed by atoms with Gasteiger partial charge in [0.05, 0.1) is 4.92 Å². The SMILES string of the molecule is O=[N+]([O-])c1ccc(C2=C3\CCC=C3CCC/C=C\2)cc1. The minimum atomic E-state index is -0.351. The third kappa shape index (κ3) is 2.44. The molecule has 0 aliphatic heterocycles. The predicted octanol–water partition coefficient (Wildman–Crippen LogP) is 4.81. The molecular formula is C17H17NO2. The van der Waals surface area contributed by atoms with Crippen LogP contribution in [0, 0.1) is 10.1 Å². The molecule has 0 saturated carbocycles. The van der Waals surface area contributed by atoms with Gasteiger partial charge in [-0.1, -0.05) is 18.2 Å². The first-order valence-electron chi connectivity index (χ1n) is 7.09. The Kier molecular flexibility index (Phi) is 3.50. The number of non-ortho nitro benzene ring substituents is 1. The molecule has 0 atom stereocenters. The van der Waals surface area contributed by atoms with Crippen LogP contribution in [0.15, 0.2) is 53.6 Å². The van der Waals surface area contributed by atoms with Gasteiger partial charge < -0.3 is 0 Å². The van der Waals surface area contributed by atoms with Gasteiger partial charge in [0, 0.05) is 12.1 Å². The molecule has 3 heteroatoms. The second-order valence-electron chi connectivity index (χ2n) is 5.26. The van der Waals surface area contributed by atoms with Crippen LogP contribution in [0.2, 0.25) is 0 Å². The van der Waals surface area contributed by atoms with Gasteiger partial charge in [0.15, 0.2) is 0 Å². The summed E-state index contributed by atoms with van der Waals surface area (Å²) in [5.74, 6) is 0. The summed E-state index contributed by atoms with van der Waals surface area (Å²) in [6.45, 7) is 0. The minimum Gasteiger partial charge on any atom is -0.258 e. The number of hydrogen-bond acceptors (Lipinski definition) is 2. The molecule has 1 aromatic rings. The van der Waals surface area contributed by atoms with E-state index in [0.717, 1.165) is 31.2 Å². The number of fused-ring (bicyclic) bond motifs is 1. The van der Waals surface area contributed by atoms with Gasteiger partial charge in [0.25, 0.3) is 5.69 Å². The van der Waals surface area contributed by atoms with Crippen LogP contribution < -0.4 is 0 Å². The van der Waals surface area contributed by atoms with E-state index in [9.17, 15) is 10.1 Å². The van der Waals surface area contributed by atoms with E-state index < -0.39 is 0 Å². The van der Waals surface area contributed by atoms with E-state index in [2.05, 4.69) is 18.2 Å². The van der Waals surface area contributed by atoms with Crippen molar-refractivity contribution in [2.45, 2.75) is 32.1 Å². The number of nitro benzene ring substituents is 1. The van der Waals surface area contributed by atoms with E-state index in [0.29, 0.717) is 0 Å². The lowest BCUT2D eigenvalue weighted by molar-refractivity contribution is -0.384.